The Kier molecular flexibility index (Phi) is 8.20. The van der Waals surface area contributed by atoms with Crippen molar-refractivity contribution in [2.75, 3.05) is 20.7 Å². The fourth-order valence-corrected chi connectivity index (χ4v) is 3.05. The van der Waals surface area contributed by atoms with E-state index in [0.717, 1.165) is 0 Å². The van der Waals surface area contributed by atoms with Gasteiger partial charge in [0.15, 0.2) is 0 Å². The summed E-state index contributed by atoms with van der Waals surface area (Å²) >= 11 is 5.92. The summed E-state index contributed by atoms with van der Waals surface area (Å²) in [5, 5.41) is 2.88. The molecule has 9 heteroatoms. The number of ether oxygens (including phenoxy) is 1. The van der Waals surface area contributed by atoms with Gasteiger partial charge in [0.1, 0.15) is 4.90 Å². The Labute approximate surface area is 135 Å². The van der Waals surface area contributed by atoms with Gasteiger partial charge in [0.25, 0.3) is 0 Å². The van der Waals surface area contributed by atoms with Crippen LogP contribution in [0, 0.1) is 0 Å². The Morgan fingerprint density at radius 1 is 1.43 bits per heavy atom. The van der Waals surface area contributed by atoms with Crippen LogP contribution in [0.25, 0.3) is 0 Å². The van der Waals surface area contributed by atoms with Gasteiger partial charge in [0, 0.05) is 12.6 Å². The number of esters is 1. The maximum absolute atomic E-state index is 12.1. The second kappa shape index (κ2) is 8.55. The molecule has 0 aliphatic heterocycles. The van der Waals surface area contributed by atoms with Gasteiger partial charge >= 0.3 is 5.97 Å². The summed E-state index contributed by atoms with van der Waals surface area (Å²) in [5.41, 5.74) is 0.194. The second-order valence-electron chi connectivity index (χ2n) is 4.18. The molecule has 2 N–H and O–H groups in total. The zero-order valence-electron chi connectivity index (χ0n) is 11.8. The minimum atomic E-state index is -3.72. The molecule has 0 saturated carbocycles. The van der Waals surface area contributed by atoms with E-state index >= 15 is 0 Å². The van der Waals surface area contributed by atoms with Crippen LogP contribution >= 0.6 is 24.0 Å². The quantitative estimate of drug-likeness (QED) is 0.753. The lowest BCUT2D eigenvalue weighted by Crippen LogP contribution is -2.37. The third-order valence-electron chi connectivity index (χ3n) is 2.71. The Hall–Kier alpha value is -0.860. The summed E-state index contributed by atoms with van der Waals surface area (Å²) in [6.45, 7) is 2.07. The number of benzene rings is 1. The molecule has 21 heavy (non-hydrogen) atoms. The molecule has 0 spiro atoms. The van der Waals surface area contributed by atoms with Gasteiger partial charge in [-0.25, -0.2) is 17.9 Å². The van der Waals surface area contributed by atoms with Crippen molar-refractivity contribution in [3.63, 3.8) is 0 Å². The summed E-state index contributed by atoms with van der Waals surface area (Å²) in [6.07, 6.45) is 0. The number of nitrogens with one attached hydrogen (secondary N) is 2. The summed E-state index contributed by atoms with van der Waals surface area (Å²) in [5.74, 6) is -0.576. The van der Waals surface area contributed by atoms with Crippen LogP contribution in [-0.2, 0) is 14.8 Å². The predicted octanol–water partition coefficient (Wildman–Crippen LogP) is 1.43. The van der Waals surface area contributed by atoms with Gasteiger partial charge in [-0.15, -0.1) is 12.4 Å². The molecule has 0 aliphatic rings. The van der Waals surface area contributed by atoms with Crippen LogP contribution in [0.4, 0.5) is 0 Å². The van der Waals surface area contributed by atoms with Crippen LogP contribution in [0.15, 0.2) is 23.1 Å². The Balaban J connectivity index is 0.00000400. The van der Waals surface area contributed by atoms with E-state index in [2.05, 4.69) is 14.8 Å². The zero-order valence-corrected chi connectivity index (χ0v) is 14.2. The summed E-state index contributed by atoms with van der Waals surface area (Å²) in [6, 6.07) is 3.89. The first kappa shape index (κ1) is 20.1. The van der Waals surface area contributed by atoms with E-state index in [1.165, 1.54) is 25.3 Å². The average Bonchev–Trinajstić information content (AvgIpc) is 2.43. The largest absolute Gasteiger partial charge is 0.465 e. The molecule has 1 unspecified atom stereocenters. The van der Waals surface area contributed by atoms with Crippen molar-refractivity contribution < 1.29 is 17.9 Å². The van der Waals surface area contributed by atoms with E-state index in [9.17, 15) is 13.2 Å². The zero-order chi connectivity index (χ0) is 15.3. The van der Waals surface area contributed by atoms with E-state index in [1.807, 2.05) is 6.92 Å². The average molecular weight is 357 g/mol. The van der Waals surface area contributed by atoms with E-state index in [-0.39, 0.29) is 40.5 Å². The van der Waals surface area contributed by atoms with Gasteiger partial charge in [-0.2, -0.15) is 0 Å². The lowest BCUT2D eigenvalue weighted by molar-refractivity contribution is 0.0600. The fourth-order valence-electron chi connectivity index (χ4n) is 1.38. The topological polar surface area (TPSA) is 84.5 Å². The molecule has 120 valence electrons. The normalized spacial score (nSPS) is 12.4. The smallest absolute Gasteiger partial charge is 0.337 e. The number of hydrogen-bond acceptors (Lipinski definition) is 5. The van der Waals surface area contributed by atoms with Crippen molar-refractivity contribution in [1.29, 1.82) is 0 Å². The maximum Gasteiger partial charge on any atom is 0.337 e. The van der Waals surface area contributed by atoms with E-state index in [4.69, 9.17) is 11.6 Å². The first-order chi connectivity index (χ1) is 9.31. The molecule has 0 saturated heterocycles. The van der Waals surface area contributed by atoms with Crippen molar-refractivity contribution in [3.05, 3.63) is 28.8 Å². The van der Waals surface area contributed by atoms with Crippen molar-refractivity contribution in [1.82, 2.24) is 10.0 Å². The molecule has 1 aromatic carbocycles. The third-order valence-corrected chi connectivity index (χ3v) is 4.62. The van der Waals surface area contributed by atoms with Crippen LogP contribution in [0.3, 0.4) is 0 Å². The number of halogens is 2. The molecular formula is C12H18Cl2N2O4S. The monoisotopic (exact) mass is 356 g/mol. The molecular weight excluding hydrogens is 339 g/mol. The van der Waals surface area contributed by atoms with Crippen molar-refractivity contribution in [2.24, 2.45) is 0 Å². The van der Waals surface area contributed by atoms with Gasteiger partial charge < -0.3 is 10.1 Å². The maximum atomic E-state index is 12.1. The molecule has 0 aromatic heterocycles. The molecule has 0 radical (unpaired) electrons. The van der Waals surface area contributed by atoms with Gasteiger partial charge in [0.05, 0.1) is 17.7 Å². The highest BCUT2D eigenvalue weighted by Gasteiger charge is 2.20. The molecule has 1 atom stereocenters. The van der Waals surface area contributed by atoms with E-state index in [1.54, 1.807) is 7.05 Å². The number of sulfonamides is 1. The number of rotatable bonds is 6. The molecule has 0 bridgehead atoms. The molecule has 0 heterocycles. The summed E-state index contributed by atoms with van der Waals surface area (Å²) < 4.78 is 31.1. The minimum Gasteiger partial charge on any atom is -0.465 e. The van der Waals surface area contributed by atoms with Crippen LogP contribution < -0.4 is 10.0 Å². The summed E-state index contributed by atoms with van der Waals surface area (Å²) in [7, 11) is -0.748. The molecule has 0 aliphatic carbocycles. The van der Waals surface area contributed by atoms with Crippen molar-refractivity contribution >= 4 is 40.0 Å². The van der Waals surface area contributed by atoms with E-state index in [0.29, 0.717) is 0 Å². The Morgan fingerprint density at radius 2 is 2.05 bits per heavy atom. The van der Waals surface area contributed by atoms with Gasteiger partial charge in [-0.05, 0) is 32.2 Å². The Bertz CT molecular complexity index is 593. The first-order valence-electron chi connectivity index (χ1n) is 5.86. The molecule has 1 aromatic rings. The number of likely N-dealkylation sites (N-methyl/N-ethyl adjacent to an activating group) is 1. The highest BCUT2D eigenvalue weighted by atomic mass is 35.5. The van der Waals surface area contributed by atoms with Crippen LogP contribution in [-0.4, -0.2) is 41.1 Å². The van der Waals surface area contributed by atoms with Crippen LogP contribution in [0.2, 0.25) is 5.02 Å². The number of hydrogen-bond donors (Lipinski definition) is 2. The lowest BCUT2D eigenvalue weighted by Gasteiger charge is -2.13. The standard InChI is InChI=1S/C12H17ClN2O4S.ClH/c1-8(14-2)7-15-20(17,18)11-5-4-9(6-10(11)13)12(16)19-3;/h4-6,8,14-15H,7H2,1-3H3;1H. The fraction of sp³-hybridized carbons (Fsp3) is 0.417. The van der Waals surface area contributed by atoms with Gasteiger partial charge in [-0.3, -0.25) is 0 Å². The number of carbonyl (C=O) groups excluding carboxylic acids is 1. The first-order valence-corrected chi connectivity index (χ1v) is 7.72. The SMILES string of the molecule is CNC(C)CNS(=O)(=O)c1ccc(C(=O)OC)cc1Cl.Cl. The number of methoxy groups -OCH3 is 1. The third kappa shape index (κ3) is 5.44. The number of carbonyl (C=O) groups is 1. The van der Waals surface area contributed by atoms with Gasteiger partial charge in [-0.1, -0.05) is 11.6 Å². The van der Waals surface area contributed by atoms with E-state index < -0.39 is 16.0 Å². The highest BCUT2D eigenvalue weighted by molar-refractivity contribution is 7.89. The van der Waals surface area contributed by atoms with Crippen LogP contribution in [0.1, 0.15) is 17.3 Å². The highest BCUT2D eigenvalue weighted by Crippen LogP contribution is 2.22. The molecule has 1 rings (SSSR count). The summed E-state index contributed by atoms with van der Waals surface area (Å²) in [4.78, 5) is 11.3. The van der Waals surface area contributed by atoms with Gasteiger partial charge in [0.2, 0.25) is 10.0 Å². The molecule has 0 amide bonds. The van der Waals surface area contributed by atoms with Crippen molar-refractivity contribution in [2.45, 2.75) is 17.9 Å². The molecule has 0 fully saturated rings. The van der Waals surface area contributed by atoms with Crippen LogP contribution in [0.5, 0.6) is 0 Å². The molecule has 6 nitrogen and oxygen atoms in total. The Morgan fingerprint density at radius 3 is 2.52 bits per heavy atom. The van der Waals surface area contributed by atoms with Crippen molar-refractivity contribution in [3.8, 4) is 0 Å². The predicted molar refractivity (Wildman–Crippen MR) is 83.7 cm³/mol. The minimum absolute atomic E-state index is 0. The lowest BCUT2D eigenvalue weighted by atomic mass is 10.2. The second-order valence-corrected chi connectivity index (χ2v) is 6.32.